The van der Waals surface area contributed by atoms with Crippen LogP contribution >= 0.6 is 0 Å². The largest absolute Gasteiger partial charge is 0.390 e. The number of nitrogens with zero attached hydrogens (tertiary/aromatic N) is 1. The lowest BCUT2D eigenvalue weighted by Gasteiger charge is -2.25. The molecule has 0 radical (unpaired) electrons. The SMILES string of the molecule is CC(C)(O)CC(=O)NC1CC(=O)c2c([nH]c(-c3ccncc3)c2Cc2ccccc2)C1. The van der Waals surface area contributed by atoms with E-state index < -0.39 is 5.60 Å². The van der Waals surface area contributed by atoms with Crippen molar-refractivity contribution in [3.8, 4) is 11.3 Å². The molecule has 0 bridgehead atoms. The van der Waals surface area contributed by atoms with Crippen molar-refractivity contribution in [2.75, 3.05) is 0 Å². The average molecular weight is 418 g/mol. The van der Waals surface area contributed by atoms with Crippen molar-refractivity contribution < 1.29 is 14.7 Å². The van der Waals surface area contributed by atoms with E-state index in [9.17, 15) is 14.7 Å². The Morgan fingerprint density at radius 1 is 1.16 bits per heavy atom. The van der Waals surface area contributed by atoms with Gasteiger partial charge in [-0.25, -0.2) is 0 Å². The molecular weight excluding hydrogens is 390 g/mol. The van der Waals surface area contributed by atoms with Crippen molar-refractivity contribution in [1.29, 1.82) is 0 Å². The topological polar surface area (TPSA) is 95.1 Å². The van der Waals surface area contributed by atoms with Crippen LogP contribution in [0.2, 0.25) is 0 Å². The maximum atomic E-state index is 13.2. The Bertz CT molecular complexity index is 1080. The molecule has 4 rings (SSSR count). The quantitative estimate of drug-likeness (QED) is 0.573. The van der Waals surface area contributed by atoms with Gasteiger partial charge in [-0.3, -0.25) is 14.6 Å². The number of ketones is 1. The van der Waals surface area contributed by atoms with E-state index in [1.165, 1.54) is 0 Å². The maximum absolute atomic E-state index is 13.2. The number of hydrogen-bond acceptors (Lipinski definition) is 4. The Morgan fingerprint density at radius 2 is 1.87 bits per heavy atom. The molecule has 0 aliphatic heterocycles. The van der Waals surface area contributed by atoms with Crippen molar-refractivity contribution in [3.63, 3.8) is 0 Å². The van der Waals surface area contributed by atoms with Crippen LogP contribution in [0.15, 0.2) is 54.9 Å². The van der Waals surface area contributed by atoms with Crippen LogP contribution in [0.25, 0.3) is 11.3 Å². The predicted molar refractivity (Wildman–Crippen MR) is 119 cm³/mol. The molecule has 1 aliphatic rings. The Morgan fingerprint density at radius 3 is 2.55 bits per heavy atom. The van der Waals surface area contributed by atoms with Gasteiger partial charge < -0.3 is 15.4 Å². The molecular formula is C25H27N3O3. The zero-order valence-corrected chi connectivity index (χ0v) is 17.8. The number of aromatic nitrogens is 2. The summed E-state index contributed by atoms with van der Waals surface area (Å²) in [6, 6.07) is 13.7. The molecule has 0 saturated heterocycles. The Kier molecular flexibility index (Phi) is 5.74. The fraction of sp³-hybridized carbons (Fsp3) is 0.320. The first-order chi connectivity index (χ1) is 14.8. The van der Waals surface area contributed by atoms with Gasteiger partial charge in [0, 0.05) is 54.5 Å². The minimum Gasteiger partial charge on any atom is -0.390 e. The van der Waals surface area contributed by atoms with Crippen LogP contribution in [0.4, 0.5) is 0 Å². The number of aromatic amines is 1. The van der Waals surface area contributed by atoms with Crippen LogP contribution in [0.1, 0.15) is 53.9 Å². The van der Waals surface area contributed by atoms with E-state index in [1.54, 1.807) is 26.2 Å². The molecule has 31 heavy (non-hydrogen) atoms. The van der Waals surface area contributed by atoms with Crippen molar-refractivity contribution in [3.05, 3.63) is 77.2 Å². The highest BCUT2D eigenvalue weighted by atomic mass is 16.3. The molecule has 1 aliphatic carbocycles. The number of H-pyrrole nitrogens is 1. The number of pyridine rings is 1. The molecule has 2 aromatic heterocycles. The molecule has 3 N–H and O–H groups in total. The molecule has 0 fully saturated rings. The van der Waals surface area contributed by atoms with Crippen LogP contribution in [0, 0.1) is 0 Å². The lowest BCUT2D eigenvalue weighted by atomic mass is 9.87. The minimum atomic E-state index is -1.09. The van der Waals surface area contributed by atoms with Gasteiger partial charge in [-0.05, 0) is 37.1 Å². The minimum absolute atomic E-state index is 0.00318. The second-order valence-corrected chi connectivity index (χ2v) is 8.82. The molecule has 160 valence electrons. The van der Waals surface area contributed by atoms with E-state index in [4.69, 9.17) is 0 Å². The third-order valence-corrected chi connectivity index (χ3v) is 5.49. The van der Waals surface area contributed by atoms with Gasteiger partial charge in [0.25, 0.3) is 0 Å². The first-order valence-electron chi connectivity index (χ1n) is 10.5. The smallest absolute Gasteiger partial charge is 0.223 e. The number of Topliss-reactive ketones (excluding diaryl/α,β-unsaturated/α-hetero) is 1. The summed E-state index contributed by atoms with van der Waals surface area (Å²) in [5.74, 6) is -0.225. The first-order valence-corrected chi connectivity index (χ1v) is 10.5. The number of rotatable bonds is 6. The van der Waals surface area contributed by atoms with Crippen molar-refractivity contribution in [2.45, 2.75) is 51.2 Å². The van der Waals surface area contributed by atoms with Crippen LogP contribution in [0.5, 0.6) is 0 Å². The summed E-state index contributed by atoms with van der Waals surface area (Å²) in [7, 11) is 0. The molecule has 1 amide bonds. The van der Waals surface area contributed by atoms with Gasteiger partial charge in [0.1, 0.15) is 0 Å². The van der Waals surface area contributed by atoms with Crippen LogP contribution in [-0.2, 0) is 17.6 Å². The van der Waals surface area contributed by atoms with Gasteiger partial charge in [0.2, 0.25) is 5.91 Å². The number of aliphatic hydroxyl groups is 1. The van der Waals surface area contributed by atoms with Crippen molar-refractivity contribution in [1.82, 2.24) is 15.3 Å². The lowest BCUT2D eigenvalue weighted by molar-refractivity contribution is -0.125. The first kappa shape index (κ1) is 21.0. The van der Waals surface area contributed by atoms with Gasteiger partial charge in [0.05, 0.1) is 17.7 Å². The van der Waals surface area contributed by atoms with E-state index in [0.29, 0.717) is 12.8 Å². The molecule has 1 aromatic carbocycles. The van der Waals surface area contributed by atoms with Gasteiger partial charge in [-0.2, -0.15) is 0 Å². The zero-order chi connectivity index (χ0) is 22.0. The van der Waals surface area contributed by atoms with Crippen molar-refractivity contribution in [2.24, 2.45) is 0 Å². The summed E-state index contributed by atoms with van der Waals surface area (Å²) in [6.07, 6.45) is 4.92. The Balaban J connectivity index is 1.67. The predicted octanol–water partition coefficient (Wildman–Crippen LogP) is 3.44. The zero-order valence-electron chi connectivity index (χ0n) is 17.8. The highest BCUT2D eigenvalue weighted by molar-refractivity contribution is 6.02. The molecule has 2 heterocycles. The summed E-state index contributed by atoms with van der Waals surface area (Å²) in [4.78, 5) is 33.0. The summed E-state index contributed by atoms with van der Waals surface area (Å²) in [5.41, 5.74) is 4.52. The number of carbonyl (C=O) groups is 2. The van der Waals surface area contributed by atoms with E-state index >= 15 is 0 Å². The number of amides is 1. The number of nitrogens with one attached hydrogen (secondary N) is 2. The second kappa shape index (κ2) is 8.47. The average Bonchev–Trinajstić information content (AvgIpc) is 3.06. The molecule has 0 spiro atoms. The highest BCUT2D eigenvalue weighted by Crippen LogP contribution is 2.34. The van der Waals surface area contributed by atoms with Crippen LogP contribution in [0.3, 0.4) is 0 Å². The van der Waals surface area contributed by atoms with Gasteiger partial charge in [0.15, 0.2) is 5.78 Å². The van der Waals surface area contributed by atoms with Crippen LogP contribution in [-0.4, -0.2) is 38.4 Å². The normalized spacial score (nSPS) is 16.1. The van der Waals surface area contributed by atoms with Gasteiger partial charge in [-0.15, -0.1) is 0 Å². The van der Waals surface area contributed by atoms with Crippen LogP contribution < -0.4 is 5.32 Å². The second-order valence-electron chi connectivity index (χ2n) is 8.82. The van der Waals surface area contributed by atoms with E-state index in [-0.39, 0.29) is 30.6 Å². The molecule has 6 heteroatoms. The summed E-state index contributed by atoms with van der Waals surface area (Å²) >= 11 is 0. The summed E-state index contributed by atoms with van der Waals surface area (Å²) in [6.45, 7) is 3.19. The number of benzene rings is 1. The number of hydrogen-bond donors (Lipinski definition) is 3. The van der Waals surface area contributed by atoms with E-state index in [0.717, 1.165) is 33.6 Å². The Hall–Kier alpha value is -3.25. The maximum Gasteiger partial charge on any atom is 0.223 e. The highest BCUT2D eigenvalue weighted by Gasteiger charge is 2.32. The summed E-state index contributed by atoms with van der Waals surface area (Å²) in [5, 5.41) is 12.8. The third kappa shape index (κ3) is 4.91. The molecule has 6 nitrogen and oxygen atoms in total. The van der Waals surface area contributed by atoms with Crippen molar-refractivity contribution >= 4 is 11.7 Å². The fourth-order valence-corrected chi connectivity index (χ4v) is 4.25. The molecule has 1 unspecified atom stereocenters. The van der Waals surface area contributed by atoms with Gasteiger partial charge >= 0.3 is 0 Å². The molecule has 1 atom stereocenters. The standard InChI is InChI=1S/C25H27N3O3/c1-25(2,31)15-22(30)27-18-13-20-23(21(29)14-18)19(12-16-6-4-3-5-7-16)24(28-20)17-8-10-26-11-9-17/h3-11,18,28,31H,12-15H2,1-2H3,(H,27,30). The fourth-order valence-electron chi connectivity index (χ4n) is 4.25. The van der Waals surface area contributed by atoms with E-state index in [1.807, 2.05) is 30.3 Å². The van der Waals surface area contributed by atoms with Gasteiger partial charge in [-0.1, -0.05) is 30.3 Å². The molecule has 3 aromatic rings. The van der Waals surface area contributed by atoms with E-state index in [2.05, 4.69) is 27.4 Å². The Labute approximate surface area is 181 Å². The number of fused-ring (bicyclic) bond motifs is 1. The summed E-state index contributed by atoms with van der Waals surface area (Å²) < 4.78 is 0. The number of carbonyl (C=O) groups excluding carboxylic acids is 2. The lowest BCUT2D eigenvalue weighted by Crippen LogP contribution is -2.43. The monoisotopic (exact) mass is 417 g/mol. The molecule has 0 saturated carbocycles. The third-order valence-electron chi connectivity index (χ3n) is 5.49.